The highest BCUT2D eigenvalue weighted by molar-refractivity contribution is 4.92. The van der Waals surface area contributed by atoms with E-state index in [9.17, 15) is 0 Å². The average Bonchev–Trinajstić information content (AvgIpc) is 2.04. The molecule has 1 aliphatic carbocycles. The molecule has 0 aromatic rings. The van der Waals surface area contributed by atoms with Gasteiger partial charge < -0.3 is 5.73 Å². The largest absolute Gasteiger partial charge is 0.325 e. The Bertz CT molecular complexity index is 134. The highest BCUT2D eigenvalue weighted by Gasteiger charge is 2.34. The molecule has 1 nitrogen and oxygen atoms in total. The van der Waals surface area contributed by atoms with Crippen LogP contribution >= 0.6 is 0 Å². The molecule has 1 aliphatic rings. The minimum atomic E-state index is 0.159. The van der Waals surface area contributed by atoms with Crippen molar-refractivity contribution >= 4 is 0 Å². The quantitative estimate of drug-likeness (QED) is 0.675. The van der Waals surface area contributed by atoms with Crippen molar-refractivity contribution in [1.29, 1.82) is 0 Å². The molecule has 0 heterocycles. The van der Waals surface area contributed by atoms with Crippen LogP contribution < -0.4 is 5.73 Å². The van der Waals surface area contributed by atoms with Crippen molar-refractivity contribution in [2.45, 2.75) is 58.4 Å². The van der Waals surface area contributed by atoms with Gasteiger partial charge in [-0.05, 0) is 24.7 Å². The minimum absolute atomic E-state index is 0.159. The summed E-state index contributed by atoms with van der Waals surface area (Å²) in [6.07, 6.45) is 6.56. The SMILES string of the molecule is CC(C)C(C)C1(N)CCCCC1. The van der Waals surface area contributed by atoms with Gasteiger partial charge in [0.1, 0.15) is 0 Å². The normalized spacial score (nSPS) is 25.8. The standard InChI is InChI=1S/C11H23N/c1-9(2)10(3)11(12)7-5-4-6-8-11/h9-10H,4-8,12H2,1-3H3. The third-order valence-electron chi connectivity index (χ3n) is 3.69. The summed E-state index contributed by atoms with van der Waals surface area (Å²) in [6.45, 7) is 6.89. The van der Waals surface area contributed by atoms with Crippen molar-refractivity contribution in [3.8, 4) is 0 Å². The zero-order chi connectivity index (χ0) is 9.19. The van der Waals surface area contributed by atoms with Crippen LogP contribution in [0.15, 0.2) is 0 Å². The predicted octanol–water partition coefficient (Wildman–Crippen LogP) is 2.94. The maximum atomic E-state index is 6.40. The molecule has 0 spiro atoms. The molecule has 0 amide bonds. The molecule has 1 saturated carbocycles. The molecule has 1 unspecified atom stereocenters. The highest BCUT2D eigenvalue weighted by Crippen LogP contribution is 2.35. The number of hydrogen-bond donors (Lipinski definition) is 1. The minimum Gasteiger partial charge on any atom is -0.325 e. The van der Waals surface area contributed by atoms with Gasteiger partial charge >= 0.3 is 0 Å². The summed E-state index contributed by atoms with van der Waals surface area (Å²) in [6, 6.07) is 0. The summed E-state index contributed by atoms with van der Waals surface area (Å²) in [5.41, 5.74) is 6.56. The van der Waals surface area contributed by atoms with Gasteiger partial charge in [0.25, 0.3) is 0 Å². The topological polar surface area (TPSA) is 26.0 Å². The van der Waals surface area contributed by atoms with Crippen LogP contribution in [0.5, 0.6) is 0 Å². The van der Waals surface area contributed by atoms with Gasteiger partial charge in [0, 0.05) is 5.54 Å². The molecule has 0 bridgehead atoms. The molecular formula is C11H23N. The first kappa shape index (κ1) is 10.0. The predicted molar refractivity (Wildman–Crippen MR) is 54.0 cm³/mol. The lowest BCUT2D eigenvalue weighted by Crippen LogP contribution is -2.49. The molecule has 12 heavy (non-hydrogen) atoms. The zero-order valence-electron chi connectivity index (χ0n) is 8.77. The second-order valence-corrected chi connectivity index (χ2v) is 4.83. The Balaban J connectivity index is 2.56. The van der Waals surface area contributed by atoms with Crippen molar-refractivity contribution in [3.63, 3.8) is 0 Å². The Hall–Kier alpha value is -0.0400. The summed E-state index contributed by atoms with van der Waals surface area (Å²) in [7, 11) is 0. The first-order valence-electron chi connectivity index (χ1n) is 5.35. The van der Waals surface area contributed by atoms with Gasteiger partial charge in [-0.15, -0.1) is 0 Å². The van der Waals surface area contributed by atoms with E-state index in [1.807, 2.05) is 0 Å². The summed E-state index contributed by atoms with van der Waals surface area (Å²) in [5.74, 6) is 1.41. The lowest BCUT2D eigenvalue weighted by molar-refractivity contribution is 0.167. The number of hydrogen-bond acceptors (Lipinski definition) is 1. The zero-order valence-corrected chi connectivity index (χ0v) is 8.77. The van der Waals surface area contributed by atoms with E-state index in [1.54, 1.807) is 0 Å². The lowest BCUT2D eigenvalue weighted by Gasteiger charge is -2.40. The van der Waals surface area contributed by atoms with Crippen molar-refractivity contribution in [2.24, 2.45) is 17.6 Å². The van der Waals surface area contributed by atoms with E-state index in [1.165, 1.54) is 32.1 Å². The van der Waals surface area contributed by atoms with Crippen molar-refractivity contribution in [3.05, 3.63) is 0 Å². The molecule has 0 radical (unpaired) electrons. The molecule has 0 saturated heterocycles. The van der Waals surface area contributed by atoms with E-state index in [0.717, 1.165) is 5.92 Å². The van der Waals surface area contributed by atoms with Crippen molar-refractivity contribution in [1.82, 2.24) is 0 Å². The van der Waals surface area contributed by atoms with Crippen LogP contribution in [0.4, 0.5) is 0 Å². The van der Waals surface area contributed by atoms with Crippen LogP contribution in [0, 0.1) is 11.8 Å². The maximum Gasteiger partial charge on any atom is 0.0182 e. The Morgan fingerprint density at radius 3 is 1.92 bits per heavy atom. The van der Waals surface area contributed by atoms with Crippen LogP contribution in [-0.2, 0) is 0 Å². The van der Waals surface area contributed by atoms with Gasteiger partial charge in [-0.25, -0.2) is 0 Å². The van der Waals surface area contributed by atoms with Gasteiger partial charge in [-0.2, -0.15) is 0 Å². The Morgan fingerprint density at radius 1 is 1.00 bits per heavy atom. The van der Waals surface area contributed by atoms with Crippen LogP contribution in [0.1, 0.15) is 52.9 Å². The van der Waals surface area contributed by atoms with Gasteiger partial charge in [-0.1, -0.05) is 40.0 Å². The Labute approximate surface area is 76.7 Å². The van der Waals surface area contributed by atoms with Crippen LogP contribution in [0.2, 0.25) is 0 Å². The molecule has 2 N–H and O–H groups in total. The monoisotopic (exact) mass is 169 g/mol. The van der Waals surface area contributed by atoms with E-state index >= 15 is 0 Å². The molecular weight excluding hydrogens is 146 g/mol. The summed E-state index contributed by atoms with van der Waals surface area (Å²) >= 11 is 0. The van der Waals surface area contributed by atoms with Crippen molar-refractivity contribution in [2.75, 3.05) is 0 Å². The second-order valence-electron chi connectivity index (χ2n) is 4.83. The molecule has 0 aromatic heterocycles. The number of rotatable bonds is 2. The Kier molecular flexibility index (Phi) is 3.16. The first-order chi connectivity index (χ1) is 5.56. The first-order valence-corrected chi connectivity index (χ1v) is 5.35. The van der Waals surface area contributed by atoms with Crippen LogP contribution in [0.25, 0.3) is 0 Å². The molecule has 0 aliphatic heterocycles. The van der Waals surface area contributed by atoms with Gasteiger partial charge in [0.2, 0.25) is 0 Å². The van der Waals surface area contributed by atoms with E-state index in [-0.39, 0.29) is 5.54 Å². The summed E-state index contributed by atoms with van der Waals surface area (Å²) in [5, 5.41) is 0. The molecule has 0 aromatic carbocycles. The lowest BCUT2D eigenvalue weighted by atomic mass is 9.70. The highest BCUT2D eigenvalue weighted by atomic mass is 14.8. The van der Waals surface area contributed by atoms with E-state index in [4.69, 9.17) is 5.73 Å². The van der Waals surface area contributed by atoms with Crippen LogP contribution in [0.3, 0.4) is 0 Å². The third kappa shape index (κ3) is 2.01. The smallest absolute Gasteiger partial charge is 0.0182 e. The van der Waals surface area contributed by atoms with E-state index in [0.29, 0.717) is 5.92 Å². The molecule has 72 valence electrons. The summed E-state index contributed by atoms with van der Waals surface area (Å²) < 4.78 is 0. The average molecular weight is 169 g/mol. The maximum absolute atomic E-state index is 6.40. The van der Waals surface area contributed by atoms with Gasteiger partial charge in [-0.3, -0.25) is 0 Å². The fourth-order valence-corrected chi connectivity index (χ4v) is 2.33. The van der Waals surface area contributed by atoms with Crippen molar-refractivity contribution < 1.29 is 0 Å². The molecule has 1 atom stereocenters. The fraction of sp³-hybridized carbons (Fsp3) is 1.00. The second kappa shape index (κ2) is 3.78. The fourth-order valence-electron chi connectivity index (χ4n) is 2.33. The molecule has 1 fully saturated rings. The Morgan fingerprint density at radius 2 is 1.50 bits per heavy atom. The van der Waals surface area contributed by atoms with Gasteiger partial charge in [0.05, 0.1) is 0 Å². The van der Waals surface area contributed by atoms with Gasteiger partial charge in [0.15, 0.2) is 0 Å². The van der Waals surface area contributed by atoms with E-state index in [2.05, 4.69) is 20.8 Å². The van der Waals surface area contributed by atoms with E-state index < -0.39 is 0 Å². The molecule has 1 rings (SSSR count). The number of nitrogens with two attached hydrogens (primary N) is 1. The van der Waals surface area contributed by atoms with Crippen LogP contribution in [-0.4, -0.2) is 5.54 Å². The summed E-state index contributed by atoms with van der Waals surface area (Å²) in [4.78, 5) is 0. The third-order valence-corrected chi connectivity index (χ3v) is 3.69. The molecule has 1 heteroatoms.